The van der Waals surface area contributed by atoms with Crippen LogP contribution in [-0.4, -0.2) is 75.5 Å². The highest BCUT2D eigenvalue weighted by Gasteiger charge is 2.22. The third kappa shape index (κ3) is 6.16. The average Bonchev–Trinajstić information content (AvgIpc) is 3.29. The van der Waals surface area contributed by atoms with Gasteiger partial charge in [0.1, 0.15) is 5.75 Å². The van der Waals surface area contributed by atoms with Gasteiger partial charge in [0.2, 0.25) is 0 Å². The van der Waals surface area contributed by atoms with Crippen LogP contribution in [-0.2, 0) is 9.53 Å². The standard InChI is InChI=1S/C25H31N3O5S/c1-3-32-19-9-10-20-23(17-19)34-25(26-20)28(12-6-11-27-13-15-31-16-14-27)24(29)18-33-22-8-5-4-7-21(22)30-2/h4-5,7-10,17H,3,6,11-16,18H2,1-2H3. The van der Waals surface area contributed by atoms with Crippen molar-refractivity contribution in [3.05, 3.63) is 42.5 Å². The smallest absolute Gasteiger partial charge is 0.266 e. The van der Waals surface area contributed by atoms with E-state index in [9.17, 15) is 4.79 Å². The molecule has 3 aromatic rings. The van der Waals surface area contributed by atoms with Gasteiger partial charge < -0.3 is 18.9 Å². The van der Waals surface area contributed by atoms with Crippen LogP contribution in [0.5, 0.6) is 17.2 Å². The largest absolute Gasteiger partial charge is 0.494 e. The first-order chi connectivity index (χ1) is 16.7. The highest BCUT2D eigenvalue weighted by Crippen LogP contribution is 2.32. The molecule has 2 heterocycles. The summed E-state index contributed by atoms with van der Waals surface area (Å²) in [6.07, 6.45) is 0.834. The molecule has 0 bridgehead atoms. The van der Waals surface area contributed by atoms with Gasteiger partial charge in [-0.1, -0.05) is 23.5 Å². The van der Waals surface area contributed by atoms with Crippen molar-refractivity contribution >= 4 is 32.6 Å². The fraction of sp³-hybridized carbons (Fsp3) is 0.440. The number of hydrogen-bond donors (Lipinski definition) is 0. The number of nitrogens with zero attached hydrogens (tertiary/aromatic N) is 3. The fourth-order valence-electron chi connectivity index (χ4n) is 3.82. The molecule has 0 N–H and O–H groups in total. The molecule has 182 valence electrons. The first-order valence-electron chi connectivity index (χ1n) is 11.6. The van der Waals surface area contributed by atoms with Crippen LogP contribution >= 0.6 is 11.3 Å². The zero-order valence-corrected chi connectivity index (χ0v) is 20.5. The number of thiazole rings is 1. The summed E-state index contributed by atoms with van der Waals surface area (Å²) in [5, 5.41) is 0.666. The summed E-state index contributed by atoms with van der Waals surface area (Å²) in [7, 11) is 1.58. The quantitative estimate of drug-likeness (QED) is 0.409. The van der Waals surface area contributed by atoms with Crippen LogP contribution in [0.15, 0.2) is 42.5 Å². The summed E-state index contributed by atoms with van der Waals surface area (Å²) in [5.41, 5.74) is 0.847. The number of carbonyl (C=O) groups is 1. The van der Waals surface area contributed by atoms with Crippen LogP contribution in [0, 0.1) is 0 Å². The normalized spacial score (nSPS) is 14.2. The minimum atomic E-state index is -0.142. The van der Waals surface area contributed by atoms with Crippen molar-refractivity contribution in [2.45, 2.75) is 13.3 Å². The molecular weight excluding hydrogens is 454 g/mol. The van der Waals surface area contributed by atoms with Crippen molar-refractivity contribution in [2.24, 2.45) is 0 Å². The predicted molar refractivity (Wildman–Crippen MR) is 134 cm³/mol. The molecule has 1 fully saturated rings. The Balaban J connectivity index is 1.49. The Hall–Kier alpha value is -2.88. The van der Waals surface area contributed by atoms with Crippen molar-refractivity contribution < 1.29 is 23.7 Å². The first-order valence-corrected chi connectivity index (χ1v) is 12.4. The molecule has 2 aromatic carbocycles. The van der Waals surface area contributed by atoms with Crippen LogP contribution in [0.25, 0.3) is 10.2 Å². The van der Waals surface area contributed by atoms with Gasteiger partial charge in [0.05, 0.1) is 37.1 Å². The predicted octanol–water partition coefficient (Wildman–Crippen LogP) is 3.84. The van der Waals surface area contributed by atoms with Crippen LogP contribution in [0.3, 0.4) is 0 Å². The maximum absolute atomic E-state index is 13.3. The average molecular weight is 486 g/mol. The van der Waals surface area contributed by atoms with E-state index in [1.54, 1.807) is 18.1 Å². The zero-order chi connectivity index (χ0) is 23.8. The Labute approximate surface area is 204 Å². The number of morpholine rings is 1. The highest BCUT2D eigenvalue weighted by molar-refractivity contribution is 7.22. The molecule has 4 rings (SSSR count). The number of methoxy groups -OCH3 is 1. The monoisotopic (exact) mass is 485 g/mol. The van der Waals surface area contributed by atoms with Gasteiger partial charge in [-0.15, -0.1) is 0 Å². The molecule has 1 saturated heterocycles. The van der Waals surface area contributed by atoms with Crippen molar-refractivity contribution in [1.82, 2.24) is 9.88 Å². The Bertz CT molecular complexity index is 1080. The molecule has 0 atom stereocenters. The lowest BCUT2D eigenvalue weighted by Gasteiger charge is -2.27. The third-order valence-electron chi connectivity index (χ3n) is 5.57. The van der Waals surface area contributed by atoms with Crippen LogP contribution in [0.4, 0.5) is 5.13 Å². The second-order valence-corrected chi connectivity index (χ2v) is 8.86. The molecule has 9 heteroatoms. The van der Waals surface area contributed by atoms with E-state index in [2.05, 4.69) is 4.90 Å². The van der Waals surface area contributed by atoms with Crippen LogP contribution in [0.1, 0.15) is 13.3 Å². The van der Waals surface area contributed by atoms with E-state index >= 15 is 0 Å². The number of amides is 1. The van der Waals surface area contributed by atoms with Crippen molar-refractivity contribution in [3.63, 3.8) is 0 Å². The molecule has 0 spiro atoms. The topological polar surface area (TPSA) is 73.4 Å². The first kappa shape index (κ1) is 24.3. The summed E-state index contributed by atoms with van der Waals surface area (Å²) >= 11 is 1.49. The van der Waals surface area contributed by atoms with Gasteiger partial charge >= 0.3 is 0 Å². The molecule has 8 nitrogen and oxygen atoms in total. The van der Waals surface area contributed by atoms with E-state index in [0.29, 0.717) is 29.8 Å². The second-order valence-electron chi connectivity index (χ2n) is 7.85. The van der Waals surface area contributed by atoms with Gasteiger partial charge in [0.25, 0.3) is 5.91 Å². The number of carbonyl (C=O) groups excluding carboxylic acids is 1. The molecular formula is C25H31N3O5S. The number of hydrogen-bond acceptors (Lipinski definition) is 8. The minimum Gasteiger partial charge on any atom is -0.494 e. The zero-order valence-electron chi connectivity index (χ0n) is 19.7. The molecule has 1 aliphatic rings. The number of ether oxygens (including phenoxy) is 4. The SMILES string of the molecule is CCOc1ccc2nc(N(CCCN3CCOCC3)C(=O)COc3ccccc3OC)sc2c1. The Morgan fingerprint density at radius 3 is 2.71 bits per heavy atom. The maximum atomic E-state index is 13.3. The number of rotatable bonds is 11. The number of aromatic nitrogens is 1. The summed E-state index contributed by atoms with van der Waals surface area (Å²) < 4.78 is 23.2. The lowest BCUT2D eigenvalue weighted by Crippen LogP contribution is -2.40. The minimum absolute atomic E-state index is 0.0992. The number of fused-ring (bicyclic) bond motifs is 1. The number of anilines is 1. The van der Waals surface area contributed by atoms with Gasteiger partial charge in [-0.25, -0.2) is 4.98 Å². The lowest BCUT2D eigenvalue weighted by atomic mass is 10.3. The van der Waals surface area contributed by atoms with Crippen molar-refractivity contribution in [1.29, 1.82) is 0 Å². The number of para-hydroxylation sites is 2. The molecule has 1 amide bonds. The van der Waals surface area contributed by atoms with Crippen molar-refractivity contribution in [2.75, 3.05) is 64.6 Å². The molecule has 1 aromatic heterocycles. The number of benzene rings is 2. The summed E-state index contributed by atoms with van der Waals surface area (Å²) in [5.74, 6) is 1.79. The van der Waals surface area contributed by atoms with Crippen molar-refractivity contribution in [3.8, 4) is 17.2 Å². The summed E-state index contributed by atoms with van der Waals surface area (Å²) in [6.45, 7) is 7.29. The van der Waals surface area contributed by atoms with Gasteiger partial charge in [0, 0.05) is 26.2 Å². The summed E-state index contributed by atoms with van der Waals surface area (Å²) in [4.78, 5) is 22.2. The van der Waals surface area contributed by atoms with Crippen LogP contribution in [0.2, 0.25) is 0 Å². The van der Waals surface area contributed by atoms with E-state index in [-0.39, 0.29) is 12.5 Å². The molecule has 34 heavy (non-hydrogen) atoms. The van der Waals surface area contributed by atoms with E-state index in [0.717, 1.165) is 55.2 Å². The lowest BCUT2D eigenvalue weighted by molar-refractivity contribution is -0.120. The molecule has 1 aliphatic heterocycles. The van der Waals surface area contributed by atoms with E-state index in [4.69, 9.17) is 23.9 Å². The maximum Gasteiger partial charge on any atom is 0.266 e. The van der Waals surface area contributed by atoms with Gasteiger partial charge in [-0.2, -0.15) is 0 Å². The Kier molecular flexibility index (Phi) is 8.56. The van der Waals surface area contributed by atoms with Crippen LogP contribution < -0.4 is 19.1 Å². The van der Waals surface area contributed by atoms with Gasteiger partial charge in [-0.05, 0) is 43.7 Å². The molecule has 0 unspecified atom stereocenters. The van der Waals surface area contributed by atoms with Gasteiger partial charge in [0.15, 0.2) is 23.2 Å². The molecule has 0 saturated carbocycles. The fourth-order valence-corrected chi connectivity index (χ4v) is 4.86. The van der Waals surface area contributed by atoms with E-state index < -0.39 is 0 Å². The van der Waals surface area contributed by atoms with E-state index in [1.807, 2.05) is 43.3 Å². The van der Waals surface area contributed by atoms with Gasteiger partial charge in [-0.3, -0.25) is 14.6 Å². The second kappa shape index (κ2) is 12.0. The van der Waals surface area contributed by atoms with E-state index in [1.165, 1.54) is 11.3 Å². The summed E-state index contributed by atoms with van der Waals surface area (Å²) in [6, 6.07) is 13.1. The Morgan fingerprint density at radius 1 is 1.15 bits per heavy atom. The third-order valence-corrected chi connectivity index (χ3v) is 6.61. The highest BCUT2D eigenvalue weighted by atomic mass is 32.1. The molecule has 0 aliphatic carbocycles. The molecule has 0 radical (unpaired) electrons. The Morgan fingerprint density at radius 2 is 1.94 bits per heavy atom.